The van der Waals surface area contributed by atoms with Gasteiger partial charge >= 0.3 is 0 Å². The third-order valence-electron chi connectivity index (χ3n) is 5.22. The van der Waals surface area contributed by atoms with E-state index in [1.807, 2.05) is 38.4 Å². The Morgan fingerprint density at radius 2 is 1.96 bits per heavy atom. The van der Waals surface area contributed by atoms with Gasteiger partial charge in [0.2, 0.25) is 5.91 Å². The minimum atomic E-state index is 0.193. The molecule has 5 nitrogen and oxygen atoms in total. The van der Waals surface area contributed by atoms with E-state index < -0.39 is 0 Å². The minimum absolute atomic E-state index is 0.193. The number of piperidine rings is 1. The first-order valence-electron chi connectivity index (χ1n) is 9.06. The van der Waals surface area contributed by atoms with Gasteiger partial charge in [0.05, 0.1) is 6.54 Å². The monoisotopic (exact) mass is 365 g/mol. The van der Waals surface area contributed by atoms with Crippen molar-refractivity contribution in [2.75, 3.05) is 53.4 Å². The number of likely N-dealkylation sites (N-methyl/N-ethyl adjacent to an activating group) is 1. The van der Waals surface area contributed by atoms with Crippen molar-refractivity contribution in [1.29, 1.82) is 0 Å². The molecule has 25 heavy (non-hydrogen) atoms. The SMILES string of the molecule is CN(C)C(=O)CN1C[C@H]2CC[C@@H](C1)N(CCOc1ccc(Cl)cc1)C2. The summed E-state index contributed by atoms with van der Waals surface area (Å²) in [5, 5.41) is 0.726. The summed E-state index contributed by atoms with van der Waals surface area (Å²) in [6, 6.07) is 8.05. The molecule has 0 aliphatic carbocycles. The van der Waals surface area contributed by atoms with E-state index in [1.165, 1.54) is 12.8 Å². The lowest BCUT2D eigenvalue weighted by molar-refractivity contribution is -0.130. The second kappa shape index (κ2) is 8.39. The molecule has 0 aromatic heterocycles. The maximum atomic E-state index is 12.0. The van der Waals surface area contributed by atoms with Crippen molar-refractivity contribution in [3.8, 4) is 5.75 Å². The largest absolute Gasteiger partial charge is 0.492 e. The number of amides is 1. The van der Waals surface area contributed by atoms with Crippen molar-refractivity contribution < 1.29 is 9.53 Å². The normalized spacial score (nSPS) is 24.1. The van der Waals surface area contributed by atoms with Gasteiger partial charge in [0.25, 0.3) is 0 Å². The molecule has 3 aliphatic rings. The number of halogens is 1. The van der Waals surface area contributed by atoms with Crippen molar-refractivity contribution >= 4 is 17.5 Å². The van der Waals surface area contributed by atoms with E-state index >= 15 is 0 Å². The summed E-state index contributed by atoms with van der Waals surface area (Å²) in [4.78, 5) is 18.6. The number of hydrogen-bond donors (Lipinski definition) is 0. The Labute approximate surface area is 155 Å². The molecule has 1 aromatic carbocycles. The quantitative estimate of drug-likeness (QED) is 0.774. The summed E-state index contributed by atoms with van der Waals surface area (Å²) in [6.07, 6.45) is 2.49. The third-order valence-corrected chi connectivity index (χ3v) is 5.47. The van der Waals surface area contributed by atoms with E-state index in [4.69, 9.17) is 16.3 Å². The molecular weight excluding hydrogens is 338 g/mol. The van der Waals surface area contributed by atoms with Crippen LogP contribution in [0.4, 0.5) is 0 Å². The van der Waals surface area contributed by atoms with Crippen LogP contribution in [0.1, 0.15) is 12.8 Å². The zero-order chi connectivity index (χ0) is 17.8. The average molecular weight is 366 g/mol. The number of benzene rings is 1. The Kier molecular flexibility index (Phi) is 6.20. The van der Waals surface area contributed by atoms with Crippen molar-refractivity contribution in [3.05, 3.63) is 29.3 Å². The minimum Gasteiger partial charge on any atom is -0.492 e. The molecule has 3 aliphatic heterocycles. The van der Waals surface area contributed by atoms with Gasteiger partial charge in [-0.3, -0.25) is 14.6 Å². The summed E-state index contributed by atoms with van der Waals surface area (Å²) >= 11 is 5.90. The van der Waals surface area contributed by atoms with Gasteiger partial charge in [-0.2, -0.15) is 0 Å². The van der Waals surface area contributed by atoms with Crippen LogP contribution in [0.2, 0.25) is 5.02 Å². The van der Waals surface area contributed by atoms with Gasteiger partial charge in [-0.15, -0.1) is 0 Å². The molecule has 2 atom stereocenters. The first-order chi connectivity index (χ1) is 12.0. The lowest BCUT2D eigenvalue weighted by Gasteiger charge is -2.36. The van der Waals surface area contributed by atoms with Gasteiger partial charge in [-0.05, 0) is 43.0 Å². The fourth-order valence-electron chi connectivity index (χ4n) is 3.82. The molecule has 3 saturated heterocycles. The topological polar surface area (TPSA) is 36.0 Å². The van der Waals surface area contributed by atoms with Crippen LogP contribution in [-0.2, 0) is 4.79 Å². The molecule has 6 heteroatoms. The highest BCUT2D eigenvalue weighted by Gasteiger charge is 2.35. The van der Waals surface area contributed by atoms with Crippen LogP contribution in [0.15, 0.2) is 24.3 Å². The summed E-state index contributed by atoms with van der Waals surface area (Å²) in [7, 11) is 3.66. The fourth-order valence-corrected chi connectivity index (χ4v) is 3.95. The summed E-state index contributed by atoms with van der Waals surface area (Å²) < 4.78 is 5.86. The second-order valence-corrected chi connectivity index (χ2v) is 7.81. The summed E-state index contributed by atoms with van der Waals surface area (Å²) in [5.74, 6) is 1.71. The lowest BCUT2D eigenvalue weighted by atomic mass is 9.95. The van der Waals surface area contributed by atoms with Crippen LogP contribution in [0, 0.1) is 5.92 Å². The Bertz CT molecular complexity index is 579. The maximum absolute atomic E-state index is 12.0. The Hall–Kier alpha value is -1.30. The first-order valence-corrected chi connectivity index (χ1v) is 9.44. The highest BCUT2D eigenvalue weighted by atomic mass is 35.5. The van der Waals surface area contributed by atoms with Crippen molar-refractivity contribution in [2.24, 2.45) is 5.92 Å². The molecule has 0 saturated carbocycles. The van der Waals surface area contributed by atoms with Crippen LogP contribution >= 0.6 is 11.6 Å². The number of hydrogen-bond acceptors (Lipinski definition) is 4. The van der Waals surface area contributed by atoms with Crippen LogP contribution in [0.5, 0.6) is 5.75 Å². The fraction of sp³-hybridized carbons (Fsp3) is 0.632. The standard InChI is InChI=1S/C19H28ClN3O2/c1-21(2)19(24)14-22-11-15-3-6-17(13-22)23(12-15)9-10-25-18-7-4-16(20)5-8-18/h4-5,7-8,15,17H,3,6,9-14H2,1-2H3/t15-,17+/m1/s1. The summed E-state index contributed by atoms with van der Waals surface area (Å²) in [6.45, 7) is 5.28. The van der Waals surface area contributed by atoms with Gasteiger partial charge in [0, 0.05) is 51.3 Å². The van der Waals surface area contributed by atoms with E-state index in [9.17, 15) is 4.79 Å². The third kappa shape index (κ3) is 5.09. The molecule has 138 valence electrons. The van der Waals surface area contributed by atoms with Crippen LogP contribution < -0.4 is 4.74 Å². The van der Waals surface area contributed by atoms with Crippen LogP contribution in [-0.4, -0.2) is 80.1 Å². The molecule has 0 radical (unpaired) electrons. The number of nitrogens with zero attached hydrogens (tertiary/aromatic N) is 3. The summed E-state index contributed by atoms with van der Waals surface area (Å²) in [5.41, 5.74) is 0. The average Bonchev–Trinajstić information content (AvgIpc) is 2.87. The lowest BCUT2D eigenvalue weighted by Crippen LogP contribution is -2.46. The van der Waals surface area contributed by atoms with Gasteiger partial charge in [0.15, 0.2) is 0 Å². The molecule has 0 unspecified atom stereocenters. The van der Waals surface area contributed by atoms with E-state index in [-0.39, 0.29) is 5.91 Å². The van der Waals surface area contributed by atoms with E-state index in [0.29, 0.717) is 25.1 Å². The van der Waals surface area contributed by atoms with E-state index in [2.05, 4.69) is 9.80 Å². The highest BCUT2D eigenvalue weighted by molar-refractivity contribution is 6.30. The van der Waals surface area contributed by atoms with Gasteiger partial charge in [0.1, 0.15) is 12.4 Å². The zero-order valence-corrected chi connectivity index (χ0v) is 15.9. The van der Waals surface area contributed by atoms with Gasteiger partial charge < -0.3 is 9.64 Å². The number of ether oxygens (including phenoxy) is 1. The molecule has 0 spiro atoms. The van der Waals surface area contributed by atoms with Gasteiger partial charge in [-0.25, -0.2) is 0 Å². The maximum Gasteiger partial charge on any atom is 0.236 e. The highest BCUT2D eigenvalue weighted by Crippen LogP contribution is 2.27. The predicted octanol–water partition coefficient (Wildman–Crippen LogP) is 2.20. The molecular formula is C19H28ClN3O2. The predicted molar refractivity (Wildman–Crippen MR) is 100 cm³/mol. The smallest absolute Gasteiger partial charge is 0.236 e. The molecule has 2 bridgehead atoms. The number of carbonyl (C=O) groups excluding carboxylic acids is 1. The second-order valence-electron chi connectivity index (χ2n) is 7.38. The van der Waals surface area contributed by atoms with E-state index in [0.717, 1.165) is 37.0 Å². The molecule has 3 heterocycles. The zero-order valence-electron chi connectivity index (χ0n) is 15.2. The number of rotatable bonds is 6. The Balaban J connectivity index is 1.50. The van der Waals surface area contributed by atoms with Crippen molar-refractivity contribution in [2.45, 2.75) is 18.9 Å². The Morgan fingerprint density at radius 1 is 1.20 bits per heavy atom. The molecule has 0 N–H and O–H groups in total. The first kappa shape index (κ1) is 18.5. The number of fused-ring (bicyclic) bond motifs is 4. The molecule has 1 amide bonds. The van der Waals surface area contributed by atoms with Crippen molar-refractivity contribution in [3.63, 3.8) is 0 Å². The Morgan fingerprint density at radius 3 is 2.68 bits per heavy atom. The molecule has 3 fully saturated rings. The van der Waals surface area contributed by atoms with E-state index in [1.54, 1.807) is 4.90 Å². The molecule has 4 rings (SSSR count). The van der Waals surface area contributed by atoms with Gasteiger partial charge in [-0.1, -0.05) is 11.6 Å². The van der Waals surface area contributed by atoms with Crippen LogP contribution in [0.3, 0.4) is 0 Å². The number of carbonyl (C=O) groups is 1. The van der Waals surface area contributed by atoms with Crippen molar-refractivity contribution in [1.82, 2.24) is 14.7 Å². The van der Waals surface area contributed by atoms with Crippen LogP contribution in [0.25, 0.3) is 0 Å². The molecule has 1 aromatic rings.